The number of benzene rings is 2. The molecule has 3 rings (SSSR count). The first-order valence-corrected chi connectivity index (χ1v) is 9.73. The first kappa shape index (κ1) is 21.7. The van der Waals surface area contributed by atoms with Crippen LogP contribution in [0.25, 0.3) is 0 Å². The van der Waals surface area contributed by atoms with Crippen LogP contribution >= 0.6 is 0 Å². The lowest BCUT2D eigenvalue weighted by molar-refractivity contribution is -0.128. The highest BCUT2D eigenvalue weighted by atomic mass is 16.7. The minimum atomic E-state index is -0.932. The van der Waals surface area contributed by atoms with Gasteiger partial charge in [0.05, 0.1) is 18.7 Å². The molecule has 0 aromatic heterocycles. The van der Waals surface area contributed by atoms with Gasteiger partial charge < -0.3 is 14.4 Å². The molecule has 1 heterocycles. The van der Waals surface area contributed by atoms with Gasteiger partial charge in [-0.05, 0) is 37.6 Å². The zero-order chi connectivity index (χ0) is 21.8. The lowest BCUT2D eigenvalue weighted by atomic mass is 10.1. The number of carbonyl (C=O) groups is 3. The summed E-state index contributed by atoms with van der Waals surface area (Å²) in [5.74, 6) is -1.12. The van der Waals surface area contributed by atoms with Gasteiger partial charge in [-0.1, -0.05) is 35.9 Å². The Hall–Kier alpha value is -3.03. The molecule has 158 valence electrons. The van der Waals surface area contributed by atoms with E-state index in [1.54, 1.807) is 24.3 Å². The van der Waals surface area contributed by atoms with Gasteiger partial charge in [0.1, 0.15) is 6.04 Å². The molecule has 7 heteroatoms. The summed E-state index contributed by atoms with van der Waals surface area (Å²) < 4.78 is 10.5. The van der Waals surface area contributed by atoms with E-state index in [1.807, 2.05) is 38.1 Å². The first-order valence-electron chi connectivity index (χ1n) is 9.73. The molecule has 1 atom stereocenters. The molecule has 3 amide bonds. The van der Waals surface area contributed by atoms with E-state index in [-0.39, 0.29) is 24.8 Å². The summed E-state index contributed by atoms with van der Waals surface area (Å²) in [6.07, 6.45) is -0.820. The molecule has 30 heavy (non-hydrogen) atoms. The number of methoxy groups -OCH3 is 2. The van der Waals surface area contributed by atoms with Crippen molar-refractivity contribution in [1.82, 2.24) is 4.90 Å². The number of hydrogen-bond donors (Lipinski definition) is 0. The summed E-state index contributed by atoms with van der Waals surface area (Å²) in [6, 6.07) is 13.3. The van der Waals surface area contributed by atoms with E-state index in [0.717, 1.165) is 16.0 Å². The van der Waals surface area contributed by atoms with Crippen molar-refractivity contribution >= 4 is 23.4 Å². The number of aryl methyl sites for hydroxylation is 2. The quantitative estimate of drug-likeness (QED) is 0.518. The van der Waals surface area contributed by atoms with Crippen LogP contribution in [-0.4, -0.2) is 55.7 Å². The molecule has 1 aliphatic heterocycles. The van der Waals surface area contributed by atoms with Gasteiger partial charge in [0, 0.05) is 19.8 Å². The maximum Gasteiger partial charge on any atom is 0.257 e. The van der Waals surface area contributed by atoms with Crippen molar-refractivity contribution in [2.75, 3.05) is 25.7 Å². The van der Waals surface area contributed by atoms with Gasteiger partial charge in [0.2, 0.25) is 5.91 Å². The van der Waals surface area contributed by atoms with Crippen LogP contribution in [-0.2, 0) is 19.1 Å². The largest absolute Gasteiger partial charge is 0.354 e. The van der Waals surface area contributed by atoms with Crippen LogP contribution in [0, 0.1) is 13.8 Å². The van der Waals surface area contributed by atoms with Gasteiger partial charge in [-0.3, -0.25) is 14.4 Å². The third kappa shape index (κ3) is 4.27. The van der Waals surface area contributed by atoms with Crippen molar-refractivity contribution in [3.8, 4) is 0 Å². The lowest BCUT2D eigenvalue weighted by Gasteiger charge is -2.30. The third-order valence-corrected chi connectivity index (χ3v) is 5.30. The monoisotopic (exact) mass is 410 g/mol. The summed E-state index contributed by atoms with van der Waals surface area (Å²) in [4.78, 5) is 41.9. The fourth-order valence-corrected chi connectivity index (χ4v) is 3.55. The van der Waals surface area contributed by atoms with Crippen LogP contribution in [0.1, 0.15) is 27.9 Å². The predicted molar refractivity (Wildman–Crippen MR) is 112 cm³/mol. The Morgan fingerprint density at radius 2 is 1.70 bits per heavy atom. The molecule has 0 aliphatic carbocycles. The molecule has 0 radical (unpaired) electrons. The second kappa shape index (κ2) is 9.19. The fraction of sp³-hybridized carbons (Fsp3) is 0.348. The minimum Gasteiger partial charge on any atom is -0.354 e. The molecule has 0 spiro atoms. The lowest BCUT2D eigenvalue weighted by Crippen LogP contribution is -2.49. The highest BCUT2D eigenvalue weighted by molar-refractivity contribution is 6.23. The van der Waals surface area contributed by atoms with Crippen LogP contribution in [0.4, 0.5) is 5.69 Å². The summed E-state index contributed by atoms with van der Waals surface area (Å²) in [6.45, 7) is 3.78. The Morgan fingerprint density at radius 1 is 1.07 bits per heavy atom. The van der Waals surface area contributed by atoms with Crippen molar-refractivity contribution in [2.45, 2.75) is 32.6 Å². The standard InChI is InChI=1S/C23H26N2O5/c1-15-9-11-17(12-10-15)25-20(26)13-19(23(25)28)24(14-21(29-3)30-4)22(27)18-8-6-5-7-16(18)2/h5-12,19,21H,13-14H2,1-4H3. The van der Waals surface area contributed by atoms with Crippen molar-refractivity contribution in [1.29, 1.82) is 0 Å². The topological polar surface area (TPSA) is 76.2 Å². The predicted octanol–water partition coefficient (Wildman–Crippen LogP) is 2.70. The number of carbonyl (C=O) groups excluding carboxylic acids is 3. The number of hydrogen-bond acceptors (Lipinski definition) is 5. The Bertz CT molecular complexity index is 937. The van der Waals surface area contributed by atoms with Gasteiger partial charge in [-0.25, -0.2) is 4.90 Å². The molecule has 1 fully saturated rings. The van der Waals surface area contributed by atoms with Crippen molar-refractivity contribution < 1.29 is 23.9 Å². The average molecular weight is 410 g/mol. The Morgan fingerprint density at radius 3 is 2.30 bits per heavy atom. The number of imide groups is 1. The van der Waals surface area contributed by atoms with Gasteiger partial charge in [-0.15, -0.1) is 0 Å². The van der Waals surface area contributed by atoms with Crippen LogP contribution in [0.2, 0.25) is 0 Å². The van der Waals surface area contributed by atoms with Gasteiger partial charge in [-0.2, -0.15) is 0 Å². The number of ether oxygens (including phenoxy) is 2. The smallest absolute Gasteiger partial charge is 0.257 e. The van der Waals surface area contributed by atoms with Crippen LogP contribution < -0.4 is 4.90 Å². The van der Waals surface area contributed by atoms with Crippen molar-refractivity contribution in [3.63, 3.8) is 0 Å². The summed E-state index contributed by atoms with van der Waals surface area (Å²) in [5, 5.41) is 0. The highest BCUT2D eigenvalue weighted by Crippen LogP contribution is 2.27. The van der Waals surface area contributed by atoms with Crippen LogP contribution in [0.3, 0.4) is 0 Å². The number of rotatable bonds is 7. The zero-order valence-corrected chi connectivity index (χ0v) is 17.6. The Balaban J connectivity index is 1.96. The molecule has 7 nitrogen and oxygen atoms in total. The SMILES string of the molecule is COC(CN(C(=O)c1ccccc1C)C1CC(=O)N(c2ccc(C)cc2)C1=O)OC. The van der Waals surface area contributed by atoms with Gasteiger partial charge in [0.25, 0.3) is 11.8 Å². The van der Waals surface area contributed by atoms with E-state index < -0.39 is 18.2 Å². The molecule has 2 aromatic carbocycles. The fourth-order valence-electron chi connectivity index (χ4n) is 3.55. The summed E-state index contributed by atoms with van der Waals surface area (Å²) in [7, 11) is 2.93. The van der Waals surface area contributed by atoms with E-state index in [0.29, 0.717) is 11.3 Å². The molecular formula is C23H26N2O5. The normalized spacial score (nSPS) is 16.4. The molecule has 1 aliphatic rings. The minimum absolute atomic E-state index is 0.0194. The molecule has 0 saturated carbocycles. The van der Waals surface area contributed by atoms with Gasteiger partial charge in [0.15, 0.2) is 6.29 Å². The Labute approximate surface area is 176 Å². The number of nitrogens with zero attached hydrogens (tertiary/aromatic N) is 2. The van der Waals surface area contributed by atoms with E-state index in [4.69, 9.17) is 9.47 Å². The van der Waals surface area contributed by atoms with E-state index in [2.05, 4.69) is 0 Å². The maximum absolute atomic E-state index is 13.4. The molecule has 2 aromatic rings. The van der Waals surface area contributed by atoms with Crippen molar-refractivity contribution in [3.05, 3.63) is 65.2 Å². The second-order valence-electron chi connectivity index (χ2n) is 7.30. The molecule has 0 bridgehead atoms. The zero-order valence-electron chi connectivity index (χ0n) is 17.6. The molecule has 0 N–H and O–H groups in total. The van der Waals surface area contributed by atoms with E-state index in [9.17, 15) is 14.4 Å². The third-order valence-electron chi connectivity index (χ3n) is 5.30. The van der Waals surface area contributed by atoms with E-state index in [1.165, 1.54) is 19.1 Å². The van der Waals surface area contributed by atoms with Crippen LogP contribution in [0.5, 0.6) is 0 Å². The molecule has 1 saturated heterocycles. The van der Waals surface area contributed by atoms with Gasteiger partial charge >= 0.3 is 0 Å². The maximum atomic E-state index is 13.4. The number of anilines is 1. The molecular weight excluding hydrogens is 384 g/mol. The summed E-state index contributed by atoms with van der Waals surface area (Å²) >= 11 is 0. The molecule has 1 unspecified atom stereocenters. The van der Waals surface area contributed by atoms with Crippen LogP contribution in [0.15, 0.2) is 48.5 Å². The number of amides is 3. The highest BCUT2D eigenvalue weighted by Gasteiger charge is 2.45. The first-order chi connectivity index (χ1) is 14.4. The summed E-state index contributed by atoms with van der Waals surface area (Å²) in [5.41, 5.74) is 2.77. The van der Waals surface area contributed by atoms with Crippen molar-refractivity contribution in [2.24, 2.45) is 0 Å². The Kier molecular flexibility index (Phi) is 6.64. The van der Waals surface area contributed by atoms with E-state index >= 15 is 0 Å². The average Bonchev–Trinajstić information content (AvgIpc) is 3.03. The second-order valence-corrected chi connectivity index (χ2v) is 7.30.